The molecule has 0 spiro atoms. The first-order valence-corrected chi connectivity index (χ1v) is 13.6. The highest BCUT2D eigenvalue weighted by Crippen LogP contribution is 2.30. The first-order chi connectivity index (χ1) is 17.8. The SMILES string of the molecule is COc1ccc(S(=O)(=O)Nc2ccc(N3CCC(NCC(O)c4cccc(O)c4)CC3)cc2)cc1OC. The summed E-state index contributed by atoms with van der Waals surface area (Å²) in [5, 5.41) is 23.4. The van der Waals surface area contributed by atoms with Crippen molar-refractivity contribution < 1.29 is 28.1 Å². The number of nitrogens with one attached hydrogen (secondary N) is 2. The van der Waals surface area contributed by atoms with Crippen LogP contribution in [-0.2, 0) is 10.0 Å². The lowest BCUT2D eigenvalue weighted by atomic mass is 10.0. The second-order valence-electron chi connectivity index (χ2n) is 8.95. The largest absolute Gasteiger partial charge is 0.508 e. The standard InChI is InChI=1S/C27H33N3O6S/c1-35-26-11-10-24(17-27(26)36-2)37(33,34)29-21-6-8-22(9-7-21)30-14-12-20(13-15-30)28-18-25(32)19-4-3-5-23(31)16-19/h3-11,16-17,20,25,28-29,31-32H,12-15,18H2,1-2H3. The molecule has 0 saturated carbocycles. The fourth-order valence-corrected chi connectivity index (χ4v) is 5.48. The molecular formula is C27H33N3O6S. The van der Waals surface area contributed by atoms with Crippen LogP contribution in [0.15, 0.2) is 71.6 Å². The Morgan fingerprint density at radius 2 is 1.68 bits per heavy atom. The number of hydrogen-bond acceptors (Lipinski definition) is 8. The van der Waals surface area contributed by atoms with Crippen molar-refractivity contribution in [2.45, 2.75) is 29.9 Å². The summed E-state index contributed by atoms with van der Waals surface area (Å²) in [7, 11) is -0.841. The number of aliphatic hydroxyl groups excluding tert-OH is 1. The maximum atomic E-state index is 12.9. The number of aliphatic hydroxyl groups is 1. The van der Waals surface area contributed by atoms with Crippen molar-refractivity contribution in [2.24, 2.45) is 0 Å². The second-order valence-corrected chi connectivity index (χ2v) is 10.6. The van der Waals surface area contributed by atoms with E-state index in [9.17, 15) is 18.6 Å². The third kappa shape index (κ3) is 6.65. The second kappa shape index (κ2) is 11.7. The lowest BCUT2D eigenvalue weighted by molar-refractivity contribution is 0.167. The van der Waals surface area contributed by atoms with E-state index in [1.165, 1.54) is 26.4 Å². The number of piperidine rings is 1. The van der Waals surface area contributed by atoms with Gasteiger partial charge in [0.05, 0.1) is 25.2 Å². The van der Waals surface area contributed by atoms with Crippen LogP contribution in [0.1, 0.15) is 24.5 Å². The maximum absolute atomic E-state index is 12.9. The summed E-state index contributed by atoms with van der Waals surface area (Å²) in [5.74, 6) is 0.939. The van der Waals surface area contributed by atoms with Gasteiger partial charge in [-0.1, -0.05) is 12.1 Å². The minimum absolute atomic E-state index is 0.0815. The highest BCUT2D eigenvalue weighted by molar-refractivity contribution is 7.92. The monoisotopic (exact) mass is 527 g/mol. The minimum Gasteiger partial charge on any atom is -0.508 e. The van der Waals surface area contributed by atoms with E-state index in [2.05, 4.69) is 14.9 Å². The van der Waals surface area contributed by atoms with Gasteiger partial charge in [-0.2, -0.15) is 0 Å². The number of ether oxygens (including phenoxy) is 2. The highest BCUT2D eigenvalue weighted by Gasteiger charge is 2.21. The summed E-state index contributed by atoms with van der Waals surface area (Å²) in [6.07, 6.45) is 1.15. The van der Waals surface area contributed by atoms with Crippen LogP contribution in [0.5, 0.6) is 17.2 Å². The van der Waals surface area contributed by atoms with Gasteiger partial charge in [0.25, 0.3) is 10.0 Å². The molecule has 3 aromatic rings. The molecule has 1 aliphatic rings. The molecule has 1 heterocycles. The molecule has 4 rings (SSSR count). The molecule has 1 atom stereocenters. The number of hydrogen-bond donors (Lipinski definition) is 4. The molecule has 3 aromatic carbocycles. The molecule has 0 radical (unpaired) electrons. The van der Waals surface area contributed by atoms with Gasteiger partial charge in [0, 0.05) is 43.1 Å². The highest BCUT2D eigenvalue weighted by atomic mass is 32.2. The van der Waals surface area contributed by atoms with Crippen LogP contribution < -0.4 is 24.4 Å². The van der Waals surface area contributed by atoms with Gasteiger partial charge in [-0.05, 0) is 66.9 Å². The molecule has 1 aliphatic heterocycles. The van der Waals surface area contributed by atoms with Crippen LogP contribution in [0, 0.1) is 0 Å². The van der Waals surface area contributed by atoms with Crippen molar-refractivity contribution in [3.63, 3.8) is 0 Å². The molecular weight excluding hydrogens is 494 g/mol. The molecule has 0 aromatic heterocycles. The number of benzene rings is 3. The normalized spacial score (nSPS) is 15.3. The molecule has 10 heteroatoms. The smallest absolute Gasteiger partial charge is 0.262 e. The number of nitrogens with zero attached hydrogens (tertiary/aromatic N) is 1. The number of phenolic OH excluding ortho intramolecular Hbond substituents is 1. The summed E-state index contributed by atoms with van der Waals surface area (Å²) >= 11 is 0. The Morgan fingerprint density at radius 1 is 0.973 bits per heavy atom. The zero-order valence-corrected chi connectivity index (χ0v) is 21.7. The number of anilines is 2. The number of aromatic hydroxyl groups is 1. The molecule has 4 N–H and O–H groups in total. The summed E-state index contributed by atoms with van der Waals surface area (Å²) in [6.45, 7) is 2.11. The number of sulfonamides is 1. The molecule has 1 saturated heterocycles. The zero-order valence-electron chi connectivity index (χ0n) is 20.9. The van der Waals surface area contributed by atoms with E-state index >= 15 is 0 Å². The first kappa shape index (κ1) is 26.6. The lowest BCUT2D eigenvalue weighted by Crippen LogP contribution is -2.43. The Labute approximate surface area is 217 Å². The average molecular weight is 528 g/mol. The average Bonchev–Trinajstić information content (AvgIpc) is 2.91. The summed E-state index contributed by atoms with van der Waals surface area (Å²) in [6, 6.07) is 18.7. The summed E-state index contributed by atoms with van der Waals surface area (Å²) in [5.41, 5.74) is 2.18. The Morgan fingerprint density at radius 3 is 2.32 bits per heavy atom. The van der Waals surface area contributed by atoms with E-state index in [4.69, 9.17) is 9.47 Å². The van der Waals surface area contributed by atoms with E-state index in [1.807, 2.05) is 12.1 Å². The van der Waals surface area contributed by atoms with Gasteiger partial charge in [0.2, 0.25) is 0 Å². The number of phenols is 1. The van der Waals surface area contributed by atoms with Crippen molar-refractivity contribution in [2.75, 3.05) is 43.5 Å². The Kier molecular flexibility index (Phi) is 8.42. The third-order valence-corrected chi connectivity index (χ3v) is 7.88. The van der Waals surface area contributed by atoms with Gasteiger partial charge in [-0.3, -0.25) is 4.72 Å². The van der Waals surface area contributed by atoms with Crippen molar-refractivity contribution in [1.29, 1.82) is 0 Å². The fraction of sp³-hybridized carbons (Fsp3) is 0.333. The maximum Gasteiger partial charge on any atom is 0.262 e. The van der Waals surface area contributed by atoms with Crippen LogP contribution >= 0.6 is 0 Å². The molecule has 198 valence electrons. The van der Waals surface area contributed by atoms with Gasteiger partial charge >= 0.3 is 0 Å². The summed E-state index contributed by atoms with van der Waals surface area (Å²) in [4.78, 5) is 2.34. The zero-order chi connectivity index (χ0) is 26.4. The Bertz CT molecular complexity index is 1290. The molecule has 37 heavy (non-hydrogen) atoms. The van der Waals surface area contributed by atoms with Crippen molar-refractivity contribution >= 4 is 21.4 Å². The molecule has 0 bridgehead atoms. The third-order valence-electron chi connectivity index (χ3n) is 6.50. The van der Waals surface area contributed by atoms with E-state index in [0.717, 1.165) is 31.6 Å². The van der Waals surface area contributed by atoms with Gasteiger partial charge in [-0.15, -0.1) is 0 Å². The summed E-state index contributed by atoms with van der Waals surface area (Å²) < 4.78 is 38.7. The van der Waals surface area contributed by atoms with E-state index < -0.39 is 16.1 Å². The molecule has 1 unspecified atom stereocenters. The lowest BCUT2D eigenvalue weighted by Gasteiger charge is -2.34. The molecule has 0 aliphatic carbocycles. The Hall–Kier alpha value is -3.47. The molecule has 9 nitrogen and oxygen atoms in total. The number of rotatable bonds is 10. The van der Waals surface area contributed by atoms with E-state index in [0.29, 0.717) is 29.3 Å². The van der Waals surface area contributed by atoms with E-state index in [1.54, 1.807) is 42.5 Å². The quantitative estimate of drug-likeness (QED) is 0.316. The Balaban J connectivity index is 1.29. The predicted octanol–water partition coefficient (Wildman–Crippen LogP) is 3.50. The van der Waals surface area contributed by atoms with Gasteiger partial charge in [-0.25, -0.2) is 8.42 Å². The van der Waals surface area contributed by atoms with Crippen molar-refractivity contribution in [3.05, 3.63) is 72.3 Å². The fourth-order valence-electron chi connectivity index (χ4n) is 4.41. The van der Waals surface area contributed by atoms with Crippen LogP contribution in [0.4, 0.5) is 11.4 Å². The van der Waals surface area contributed by atoms with Gasteiger partial charge in [0.15, 0.2) is 11.5 Å². The van der Waals surface area contributed by atoms with Crippen molar-refractivity contribution in [1.82, 2.24) is 5.32 Å². The number of methoxy groups -OCH3 is 2. The molecule has 0 amide bonds. The topological polar surface area (TPSA) is 120 Å². The van der Waals surface area contributed by atoms with Crippen LogP contribution in [0.3, 0.4) is 0 Å². The predicted molar refractivity (Wildman–Crippen MR) is 143 cm³/mol. The van der Waals surface area contributed by atoms with Crippen LogP contribution in [-0.4, -0.2) is 58.5 Å². The van der Waals surface area contributed by atoms with Crippen molar-refractivity contribution in [3.8, 4) is 17.2 Å². The van der Waals surface area contributed by atoms with Crippen LogP contribution in [0.25, 0.3) is 0 Å². The van der Waals surface area contributed by atoms with Gasteiger partial charge < -0.3 is 29.9 Å². The first-order valence-electron chi connectivity index (χ1n) is 12.1. The van der Waals surface area contributed by atoms with Gasteiger partial charge in [0.1, 0.15) is 5.75 Å². The van der Waals surface area contributed by atoms with E-state index in [-0.39, 0.29) is 16.7 Å². The molecule has 1 fully saturated rings. The van der Waals surface area contributed by atoms with Crippen LogP contribution in [0.2, 0.25) is 0 Å². The minimum atomic E-state index is -3.79.